The van der Waals surface area contributed by atoms with Crippen molar-refractivity contribution in [3.63, 3.8) is 0 Å². The van der Waals surface area contributed by atoms with Crippen LogP contribution >= 0.6 is 58.6 Å². The quantitative estimate of drug-likeness (QED) is 0.533. The van der Waals surface area contributed by atoms with Gasteiger partial charge in [-0.25, -0.2) is 0 Å². The van der Waals surface area contributed by atoms with Crippen LogP contribution in [0.1, 0.15) is 0 Å². The summed E-state index contributed by atoms with van der Waals surface area (Å²) in [5.41, 5.74) is 0. The Balaban J connectivity index is 3.59. The molecule has 0 aromatic carbocycles. The minimum Gasteiger partial charge on any atom is -0.335 e. The van der Waals surface area contributed by atoms with Crippen molar-refractivity contribution < 1.29 is 0 Å². The Hall–Kier alpha value is 0.530. The monoisotopic (exact) mass is 247 g/mol. The summed E-state index contributed by atoms with van der Waals surface area (Å²) in [6, 6.07) is 0. The third-order valence-electron chi connectivity index (χ3n) is 1.00. The number of rotatable bonds is 0. The molecule has 0 amide bonds. The molecule has 1 rings (SSSR count). The minimum absolute atomic E-state index is 0.182. The lowest BCUT2D eigenvalue weighted by atomic mass is 10.5. The topological polar surface area (TPSA) is 15.8 Å². The molecule has 1 heterocycles. The molecule has 0 unspecified atom stereocenters. The molecule has 0 aliphatic heterocycles. The van der Waals surface area contributed by atoms with Gasteiger partial charge in [0.25, 0.3) is 0 Å². The van der Waals surface area contributed by atoms with Crippen LogP contribution in [0, 0.1) is 4.64 Å². The zero-order valence-electron chi connectivity index (χ0n) is 4.92. The van der Waals surface area contributed by atoms with E-state index in [1.54, 1.807) is 0 Å². The summed E-state index contributed by atoms with van der Waals surface area (Å²) < 4.78 is 0.283. The van der Waals surface area contributed by atoms with Gasteiger partial charge in [0, 0.05) is 0 Å². The van der Waals surface area contributed by atoms with Crippen LogP contribution in [0.5, 0.6) is 0 Å². The fourth-order valence-electron chi connectivity index (χ4n) is 0.502. The van der Waals surface area contributed by atoms with Gasteiger partial charge in [0.2, 0.25) is 0 Å². The van der Waals surface area contributed by atoms with Crippen LogP contribution in [0.3, 0.4) is 0 Å². The third-order valence-corrected chi connectivity index (χ3v) is 3.13. The molecule has 11 heavy (non-hydrogen) atoms. The third kappa shape index (κ3) is 1.82. The lowest BCUT2D eigenvalue weighted by Crippen LogP contribution is -1.81. The van der Waals surface area contributed by atoms with Crippen molar-refractivity contribution in [3.8, 4) is 0 Å². The van der Waals surface area contributed by atoms with Crippen molar-refractivity contribution in [2.45, 2.75) is 0 Å². The van der Waals surface area contributed by atoms with E-state index >= 15 is 0 Å². The minimum atomic E-state index is 0.182. The number of halogens is 4. The number of pyridine rings is 1. The summed E-state index contributed by atoms with van der Waals surface area (Å²) >= 11 is 27.3. The van der Waals surface area contributed by atoms with Crippen LogP contribution in [0.2, 0.25) is 20.2 Å². The summed E-state index contributed by atoms with van der Waals surface area (Å²) in [5, 5.41) is 0.788. The Bertz CT molecular complexity index is 345. The zero-order valence-corrected chi connectivity index (χ0v) is 8.76. The molecule has 0 bridgehead atoms. The van der Waals surface area contributed by atoms with Crippen LogP contribution in [0.25, 0.3) is 0 Å². The molecule has 6 heteroatoms. The van der Waals surface area contributed by atoms with Crippen LogP contribution in [-0.4, -0.2) is 4.98 Å². The fraction of sp³-hybridized carbons (Fsp3) is 0. The second-order valence-electron chi connectivity index (χ2n) is 1.71. The molecule has 1 aromatic heterocycles. The predicted octanol–water partition coefficient (Wildman–Crippen LogP) is 4.36. The van der Waals surface area contributed by atoms with Gasteiger partial charge in [-0.15, -0.1) is 0 Å². The van der Waals surface area contributed by atoms with Gasteiger partial charge in [0.05, 0.1) is 15.1 Å². The number of nitrogens with one attached hydrogen (secondary N) is 1. The highest BCUT2D eigenvalue weighted by Crippen LogP contribution is 2.34. The first-order valence-electron chi connectivity index (χ1n) is 2.46. The van der Waals surface area contributed by atoms with Crippen molar-refractivity contribution in [2.75, 3.05) is 0 Å². The van der Waals surface area contributed by atoms with Crippen LogP contribution in [-0.2, 0) is 0 Å². The molecule has 0 atom stereocenters. The maximum atomic E-state index is 5.65. The maximum absolute atomic E-state index is 5.65. The molecule has 0 fully saturated rings. The first-order chi connectivity index (χ1) is 5.04. The molecule has 0 saturated heterocycles. The van der Waals surface area contributed by atoms with Gasteiger partial charge in [-0.1, -0.05) is 58.6 Å². The Morgan fingerprint density at radius 2 is 1.45 bits per heavy atom. The van der Waals surface area contributed by atoms with Crippen LogP contribution < -0.4 is 0 Å². The summed E-state index contributed by atoms with van der Waals surface area (Å²) in [6.45, 7) is 0. The molecular weight excluding hydrogens is 248 g/mol. The zero-order chi connectivity index (χ0) is 8.59. The van der Waals surface area contributed by atoms with Crippen molar-refractivity contribution in [3.05, 3.63) is 24.9 Å². The molecule has 0 spiro atoms. The summed E-state index contributed by atoms with van der Waals surface area (Å²) in [7, 11) is 0. The van der Waals surface area contributed by atoms with Crippen molar-refractivity contribution in [1.29, 1.82) is 0 Å². The smallest absolute Gasteiger partial charge is 0.127 e. The number of H-pyrrole nitrogens is 1. The van der Waals surface area contributed by atoms with Gasteiger partial charge in [-0.2, -0.15) is 0 Å². The summed E-state index contributed by atoms with van der Waals surface area (Å²) in [5.74, 6) is 0. The molecule has 0 aliphatic rings. The van der Waals surface area contributed by atoms with E-state index in [-0.39, 0.29) is 24.9 Å². The predicted molar refractivity (Wildman–Crippen MR) is 51.7 cm³/mol. The van der Waals surface area contributed by atoms with Crippen molar-refractivity contribution in [2.24, 2.45) is 0 Å². The number of aromatic amines is 1. The van der Waals surface area contributed by atoms with E-state index in [0.717, 1.165) is 0 Å². The lowest BCUT2D eigenvalue weighted by Gasteiger charge is -2.00. The van der Waals surface area contributed by atoms with Gasteiger partial charge >= 0.3 is 0 Å². The molecule has 0 saturated carbocycles. The Labute approximate surface area is 88.2 Å². The Morgan fingerprint density at radius 1 is 0.909 bits per heavy atom. The van der Waals surface area contributed by atoms with E-state index < -0.39 is 0 Å². The van der Waals surface area contributed by atoms with Gasteiger partial charge in [0.15, 0.2) is 0 Å². The highest BCUT2D eigenvalue weighted by molar-refractivity contribution is 7.71. The van der Waals surface area contributed by atoms with Crippen LogP contribution in [0.15, 0.2) is 0 Å². The molecule has 1 N–H and O–H groups in total. The van der Waals surface area contributed by atoms with Gasteiger partial charge in [0.1, 0.15) is 9.79 Å². The first-order valence-corrected chi connectivity index (χ1v) is 4.38. The molecule has 60 valence electrons. The number of aromatic nitrogens is 1. The molecule has 1 aromatic rings. The first kappa shape index (κ1) is 9.62. The largest absolute Gasteiger partial charge is 0.335 e. The van der Waals surface area contributed by atoms with E-state index in [0.29, 0.717) is 0 Å². The van der Waals surface area contributed by atoms with E-state index in [1.165, 1.54) is 0 Å². The average Bonchev–Trinajstić information content (AvgIpc) is 1.97. The summed E-state index contributed by atoms with van der Waals surface area (Å²) in [4.78, 5) is 2.58. The average molecular weight is 249 g/mol. The van der Waals surface area contributed by atoms with Gasteiger partial charge in [-0.05, 0) is 0 Å². The molecular formula is C5HCl4NS. The number of hydrogen-bond donors (Lipinski definition) is 1. The molecule has 1 nitrogen and oxygen atoms in total. The normalized spacial score (nSPS) is 10.2. The van der Waals surface area contributed by atoms with Crippen LogP contribution in [0.4, 0.5) is 0 Å². The Kier molecular flexibility index (Phi) is 3.06. The van der Waals surface area contributed by atoms with E-state index in [1.807, 2.05) is 0 Å². The SMILES string of the molecule is S=c1[nH]c(Cl)c(Cl)c(Cl)c1Cl. The number of hydrogen-bond acceptors (Lipinski definition) is 1. The standard InChI is InChI=1S/C5HCl4NS/c6-1-2(7)4(9)10-5(11)3(1)8/h(H,10,11). The van der Waals surface area contributed by atoms with Crippen molar-refractivity contribution >= 4 is 58.6 Å². The molecule has 0 radical (unpaired) electrons. The maximum Gasteiger partial charge on any atom is 0.127 e. The van der Waals surface area contributed by atoms with Gasteiger partial charge in [-0.3, -0.25) is 0 Å². The van der Waals surface area contributed by atoms with E-state index in [2.05, 4.69) is 4.98 Å². The highest BCUT2D eigenvalue weighted by atomic mass is 35.5. The Morgan fingerprint density at radius 3 is 2.00 bits per heavy atom. The second kappa shape index (κ2) is 3.50. The molecule has 0 aliphatic carbocycles. The highest BCUT2D eigenvalue weighted by Gasteiger charge is 2.08. The van der Waals surface area contributed by atoms with E-state index in [4.69, 9.17) is 58.6 Å². The summed E-state index contributed by atoms with van der Waals surface area (Å²) in [6.07, 6.45) is 0. The van der Waals surface area contributed by atoms with E-state index in [9.17, 15) is 0 Å². The van der Waals surface area contributed by atoms with Crippen molar-refractivity contribution in [1.82, 2.24) is 4.98 Å². The second-order valence-corrected chi connectivity index (χ2v) is 3.63. The lowest BCUT2D eigenvalue weighted by molar-refractivity contribution is 1.30. The fourth-order valence-corrected chi connectivity index (χ4v) is 1.58. The van der Waals surface area contributed by atoms with Gasteiger partial charge < -0.3 is 4.98 Å².